The van der Waals surface area contributed by atoms with Crippen molar-refractivity contribution >= 4 is 12.0 Å². The van der Waals surface area contributed by atoms with Gasteiger partial charge in [0.1, 0.15) is 0 Å². The molecule has 0 aliphatic rings. The lowest BCUT2D eigenvalue weighted by Crippen LogP contribution is -1.90. The van der Waals surface area contributed by atoms with E-state index in [-0.39, 0.29) is 6.42 Å². The molecule has 1 aromatic heterocycles. The Labute approximate surface area is 105 Å². The molecule has 0 radical (unpaired) electrons. The first kappa shape index (κ1) is 12.0. The predicted molar refractivity (Wildman–Crippen MR) is 71.0 cm³/mol. The van der Waals surface area contributed by atoms with Crippen LogP contribution in [-0.4, -0.2) is 16.1 Å². The van der Waals surface area contributed by atoms with Gasteiger partial charge in [0, 0.05) is 12.4 Å². The molecule has 0 saturated carbocycles. The number of hydrogen-bond donors (Lipinski definition) is 1. The van der Waals surface area contributed by atoms with Gasteiger partial charge in [-0.2, -0.15) is 0 Å². The van der Waals surface area contributed by atoms with Gasteiger partial charge in [-0.3, -0.25) is 9.78 Å². The van der Waals surface area contributed by atoms with Gasteiger partial charge in [0.2, 0.25) is 0 Å². The van der Waals surface area contributed by atoms with Crippen LogP contribution in [0.1, 0.15) is 12.0 Å². The van der Waals surface area contributed by atoms with Crippen molar-refractivity contribution < 1.29 is 9.90 Å². The zero-order valence-corrected chi connectivity index (χ0v) is 9.78. The molecule has 0 saturated heterocycles. The Balaban J connectivity index is 2.32. The van der Waals surface area contributed by atoms with Gasteiger partial charge < -0.3 is 5.11 Å². The number of benzene rings is 1. The first-order valence-corrected chi connectivity index (χ1v) is 5.65. The minimum atomic E-state index is -0.826. The van der Waals surface area contributed by atoms with Crippen molar-refractivity contribution in [3.8, 4) is 11.1 Å². The topological polar surface area (TPSA) is 50.2 Å². The number of aromatic nitrogens is 1. The highest BCUT2D eigenvalue weighted by Crippen LogP contribution is 2.23. The van der Waals surface area contributed by atoms with Gasteiger partial charge >= 0.3 is 5.97 Å². The molecule has 3 heteroatoms. The third-order valence-corrected chi connectivity index (χ3v) is 2.54. The third-order valence-electron chi connectivity index (χ3n) is 2.54. The van der Waals surface area contributed by atoms with Crippen LogP contribution in [-0.2, 0) is 4.79 Å². The second-order valence-electron chi connectivity index (χ2n) is 3.82. The summed E-state index contributed by atoms with van der Waals surface area (Å²) in [6, 6.07) is 11.7. The van der Waals surface area contributed by atoms with Crippen molar-refractivity contribution in [1.82, 2.24) is 4.98 Å². The fraction of sp³-hybridized carbons (Fsp3) is 0.0667. The fourth-order valence-electron chi connectivity index (χ4n) is 1.72. The van der Waals surface area contributed by atoms with E-state index < -0.39 is 5.97 Å². The van der Waals surface area contributed by atoms with Gasteiger partial charge in [0.05, 0.1) is 6.42 Å². The number of carboxylic acid groups (broad SMARTS) is 1. The maximum Gasteiger partial charge on any atom is 0.307 e. The van der Waals surface area contributed by atoms with Crippen LogP contribution in [0.2, 0.25) is 0 Å². The summed E-state index contributed by atoms with van der Waals surface area (Å²) in [6.45, 7) is 0. The largest absolute Gasteiger partial charge is 0.481 e. The Kier molecular flexibility index (Phi) is 3.86. The molecule has 0 aliphatic carbocycles. The molecule has 1 aromatic carbocycles. The van der Waals surface area contributed by atoms with E-state index in [2.05, 4.69) is 4.98 Å². The van der Waals surface area contributed by atoms with Crippen molar-refractivity contribution in [2.24, 2.45) is 0 Å². The molecule has 0 unspecified atom stereocenters. The average Bonchev–Trinajstić information content (AvgIpc) is 2.40. The van der Waals surface area contributed by atoms with E-state index in [1.807, 2.05) is 42.5 Å². The zero-order valence-electron chi connectivity index (χ0n) is 9.78. The highest BCUT2D eigenvalue weighted by molar-refractivity contribution is 5.76. The SMILES string of the molecule is O=C(O)C/C=C/c1ccccc1-c1ccncc1. The van der Waals surface area contributed by atoms with E-state index in [9.17, 15) is 4.79 Å². The summed E-state index contributed by atoms with van der Waals surface area (Å²) in [4.78, 5) is 14.5. The Morgan fingerprint density at radius 3 is 2.61 bits per heavy atom. The van der Waals surface area contributed by atoms with E-state index in [0.29, 0.717) is 0 Å². The molecule has 2 rings (SSSR count). The summed E-state index contributed by atoms with van der Waals surface area (Å²) < 4.78 is 0. The molecule has 0 bridgehead atoms. The number of pyridine rings is 1. The van der Waals surface area contributed by atoms with Gasteiger partial charge in [0.25, 0.3) is 0 Å². The van der Waals surface area contributed by atoms with Gasteiger partial charge in [-0.05, 0) is 28.8 Å². The maximum atomic E-state index is 10.5. The molecule has 0 spiro atoms. The number of carbonyl (C=O) groups is 1. The smallest absolute Gasteiger partial charge is 0.307 e. The highest BCUT2D eigenvalue weighted by atomic mass is 16.4. The van der Waals surface area contributed by atoms with Crippen LogP contribution in [0.3, 0.4) is 0 Å². The molecule has 1 heterocycles. The van der Waals surface area contributed by atoms with Gasteiger partial charge in [0.15, 0.2) is 0 Å². The van der Waals surface area contributed by atoms with E-state index in [1.165, 1.54) is 0 Å². The van der Waals surface area contributed by atoms with Gasteiger partial charge in [-0.1, -0.05) is 36.4 Å². The van der Waals surface area contributed by atoms with Crippen molar-refractivity contribution in [3.63, 3.8) is 0 Å². The summed E-state index contributed by atoms with van der Waals surface area (Å²) in [6.07, 6.45) is 7.01. The van der Waals surface area contributed by atoms with Crippen LogP contribution in [0.4, 0.5) is 0 Å². The van der Waals surface area contributed by atoms with Gasteiger partial charge in [-0.15, -0.1) is 0 Å². The minimum Gasteiger partial charge on any atom is -0.481 e. The second kappa shape index (κ2) is 5.77. The highest BCUT2D eigenvalue weighted by Gasteiger charge is 2.01. The quantitative estimate of drug-likeness (QED) is 0.891. The molecule has 0 amide bonds. The Bertz CT molecular complexity index is 562. The van der Waals surface area contributed by atoms with Crippen LogP contribution in [0, 0.1) is 0 Å². The lowest BCUT2D eigenvalue weighted by atomic mass is 10.0. The summed E-state index contributed by atoms with van der Waals surface area (Å²) >= 11 is 0. The normalized spacial score (nSPS) is 10.7. The van der Waals surface area contributed by atoms with Crippen molar-refractivity contribution in [3.05, 3.63) is 60.4 Å². The van der Waals surface area contributed by atoms with E-state index in [0.717, 1.165) is 16.7 Å². The summed E-state index contributed by atoms with van der Waals surface area (Å²) in [5.74, 6) is -0.826. The van der Waals surface area contributed by atoms with Crippen molar-refractivity contribution in [1.29, 1.82) is 0 Å². The van der Waals surface area contributed by atoms with Crippen LogP contribution in [0.25, 0.3) is 17.2 Å². The zero-order chi connectivity index (χ0) is 12.8. The molecule has 0 atom stereocenters. The number of aliphatic carboxylic acids is 1. The third kappa shape index (κ3) is 3.04. The number of carboxylic acids is 1. The maximum absolute atomic E-state index is 10.5. The Hall–Kier alpha value is -2.42. The summed E-state index contributed by atoms with van der Waals surface area (Å²) in [7, 11) is 0. The van der Waals surface area contributed by atoms with Crippen molar-refractivity contribution in [2.75, 3.05) is 0 Å². The van der Waals surface area contributed by atoms with E-state index in [4.69, 9.17) is 5.11 Å². The predicted octanol–water partition coefficient (Wildman–Crippen LogP) is 3.24. The molecule has 90 valence electrons. The number of hydrogen-bond acceptors (Lipinski definition) is 2. The summed E-state index contributed by atoms with van der Waals surface area (Å²) in [5, 5.41) is 8.62. The molecule has 1 N–H and O–H groups in total. The first-order valence-electron chi connectivity index (χ1n) is 5.65. The van der Waals surface area contributed by atoms with Crippen LogP contribution in [0.5, 0.6) is 0 Å². The number of rotatable bonds is 4. The first-order chi connectivity index (χ1) is 8.77. The standard InChI is InChI=1S/C15H13NO2/c17-15(18)7-3-5-12-4-1-2-6-14(12)13-8-10-16-11-9-13/h1-6,8-11H,7H2,(H,17,18)/b5-3+. The minimum absolute atomic E-state index is 0.0324. The number of nitrogens with zero attached hydrogens (tertiary/aromatic N) is 1. The second-order valence-corrected chi connectivity index (χ2v) is 3.82. The lowest BCUT2D eigenvalue weighted by Gasteiger charge is -2.05. The molecule has 0 aliphatic heterocycles. The molecule has 18 heavy (non-hydrogen) atoms. The Morgan fingerprint density at radius 1 is 1.17 bits per heavy atom. The van der Waals surface area contributed by atoms with Crippen LogP contribution >= 0.6 is 0 Å². The van der Waals surface area contributed by atoms with Gasteiger partial charge in [-0.25, -0.2) is 0 Å². The molecule has 2 aromatic rings. The lowest BCUT2D eigenvalue weighted by molar-refractivity contribution is -0.135. The monoisotopic (exact) mass is 239 g/mol. The molecular weight excluding hydrogens is 226 g/mol. The Morgan fingerprint density at radius 2 is 1.89 bits per heavy atom. The molecular formula is C15H13NO2. The van der Waals surface area contributed by atoms with Crippen LogP contribution < -0.4 is 0 Å². The fourth-order valence-corrected chi connectivity index (χ4v) is 1.72. The van der Waals surface area contributed by atoms with Crippen molar-refractivity contribution in [2.45, 2.75) is 6.42 Å². The van der Waals surface area contributed by atoms with E-state index >= 15 is 0 Å². The average molecular weight is 239 g/mol. The van der Waals surface area contributed by atoms with Crippen LogP contribution in [0.15, 0.2) is 54.9 Å². The molecule has 0 fully saturated rings. The van der Waals surface area contributed by atoms with E-state index in [1.54, 1.807) is 18.5 Å². The summed E-state index contributed by atoms with van der Waals surface area (Å²) in [5.41, 5.74) is 3.15. The molecule has 3 nitrogen and oxygen atoms in total.